The number of cyclic esters (lactones) is 1. The lowest BCUT2D eigenvalue weighted by Gasteiger charge is -2.38. The summed E-state index contributed by atoms with van der Waals surface area (Å²) in [5, 5.41) is 9.99. The number of carbonyl (C=O) groups excluding carboxylic acids is 1. The normalized spacial score (nSPS) is 27.1. The van der Waals surface area contributed by atoms with Gasteiger partial charge in [-0.2, -0.15) is 0 Å². The minimum Gasteiger partial charge on any atom is -0.447 e. The molecule has 1 amide bonds. The van der Waals surface area contributed by atoms with E-state index in [9.17, 15) is 9.90 Å². The molecule has 2 aliphatic heterocycles. The number of hydrogen-bond acceptors (Lipinski definition) is 3. The van der Waals surface area contributed by atoms with Gasteiger partial charge in [-0.3, -0.25) is 4.90 Å². The Kier molecular flexibility index (Phi) is 8.21. The van der Waals surface area contributed by atoms with E-state index in [2.05, 4.69) is 6.92 Å². The van der Waals surface area contributed by atoms with Crippen molar-refractivity contribution in [1.82, 2.24) is 4.90 Å². The summed E-state index contributed by atoms with van der Waals surface area (Å²) in [6.07, 6.45) is 15.6. The fraction of sp³-hybridized carbons (Fsp3) is 0.947. The van der Waals surface area contributed by atoms with Crippen LogP contribution in [0.3, 0.4) is 0 Å². The van der Waals surface area contributed by atoms with Crippen molar-refractivity contribution in [2.45, 2.75) is 109 Å². The zero-order valence-electron chi connectivity index (χ0n) is 14.8. The van der Waals surface area contributed by atoms with E-state index in [-0.39, 0.29) is 18.2 Å². The van der Waals surface area contributed by atoms with Crippen molar-refractivity contribution in [3.63, 3.8) is 0 Å². The number of nitrogens with zero attached hydrogens (tertiary/aromatic N) is 1. The molecule has 0 unspecified atom stereocenters. The van der Waals surface area contributed by atoms with Gasteiger partial charge in [0, 0.05) is 6.04 Å². The SMILES string of the molecule is CCCCCCCCCCCC[C@H]1CC[C@H](O)[C@H]2COC(=O)N12. The van der Waals surface area contributed by atoms with Crippen LogP contribution in [-0.2, 0) is 4.74 Å². The van der Waals surface area contributed by atoms with Crippen molar-refractivity contribution in [2.24, 2.45) is 0 Å². The Morgan fingerprint density at radius 1 is 1.00 bits per heavy atom. The number of carbonyl (C=O) groups is 1. The molecule has 0 aliphatic carbocycles. The summed E-state index contributed by atoms with van der Waals surface area (Å²) in [6.45, 7) is 2.63. The van der Waals surface area contributed by atoms with Gasteiger partial charge in [-0.25, -0.2) is 4.79 Å². The van der Waals surface area contributed by atoms with Gasteiger partial charge in [0.2, 0.25) is 0 Å². The number of unbranched alkanes of at least 4 members (excludes halogenated alkanes) is 9. The molecule has 2 rings (SSSR count). The Hall–Kier alpha value is -0.770. The van der Waals surface area contributed by atoms with E-state index in [0.717, 1.165) is 19.3 Å². The zero-order valence-corrected chi connectivity index (χ0v) is 14.8. The number of hydrogen-bond donors (Lipinski definition) is 1. The monoisotopic (exact) mass is 325 g/mol. The summed E-state index contributed by atoms with van der Waals surface area (Å²) in [6, 6.07) is 0.191. The summed E-state index contributed by atoms with van der Waals surface area (Å²) >= 11 is 0. The number of ether oxygens (including phenoxy) is 1. The Balaban J connectivity index is 1.52. The first-order valence-corrected chi connectivity index (χ1v) is 9.87. The summed E-state index contributed by atoms with van der Waals surface area (Å²) in [4.78, 5) is 13.7. The Bertz CT molecular complexity index is 348. The van der Waals surface area contributed by atoms with E-state index < -0.39 is 6.10 Å². The van der Waals surface area contributed by atoms with Crippen molar-refractivity contribution in [3.8, 4) is 0 Å². The molecular formula is C19H35NO3. The topological polar surface area (TPSA) is 49.8 Å². The van der Waals surface area contributed by atoms with Gasteiger partial charge >= 0.3 is 6.09 Å². The second kappa shape index (κ2) is 10.2. The maximum Gasteiger partial charge on any atom is 0.410 e. The number of aliphatic hydroxyl groups excluding tert-OH is 1. The molecule has 2 heterocycles. The van der Waals surface area contributed by atoms with Gasteiger partial charge in [0.1, 0.15) is 6.61 Å². The zero-order chi connectivity index (χ0) is 16.5. The van der Waals surface area contributed by atoms with Gasteiger partial charge < -0.3 is 9.84 Å². The molecule has 0 aromatic rings. The van der Waals surface area contributed by atoms with Crippen LogP contribution in [0.1, 0.15) is 90.4 Å². The molecule has 0 aromatic carbocycles. The summed E-state index contributed by atoms with van der Waals surface area (Å²) in [5.74, 6) is 0. The third-order valence-corrected chi connectivity index (χ3v) is 5.47. The number of aliphatic hydroxyl groups is 1. The Morgan fingerprint density at radius 2 is 1.61 bits per heavy atom. The molecule has 0 saturated carbocycles. The van der Waals surface area contributed by atoms with Crippen LogP contribution in [-0.4, -0.2) is 40.9 Å². The summed E-state index contributed by atoms with van der Waals surface area (Å²) in [7, 11) is 0. The molecule has 2 fully saturated rings. The first kappa shape index (κ1) is 18.6. The van der Waals surface area contributed by atoms with Gasteiger partial charge in [0.15, 0.2) is 0 Å². The molecule has 2 aliphatic rings. The standard InChI is InChI=1S/C19H35NO3/c1-2-3-4-5-6-7-8-9-10-11-12-16-13-14-18(21)17-15-23-19(22)20(16)17/h16-18,21H,2-15H2,1H3/t16-,17+,18-/m0/s1. The van der Waals surface area contributed by atoms with Gasteiger partial charge in [0.25, 0.3) is 0 Å². The second-order valence-electron chi connectivity index (χ2n) is 7.32. The van der Waals surface area contributed by atoms with E-state index in [1.54, 1.807) is 0 Å². The quantitative estimate of drug-likeness (QED) is 0.563. The lowest BCUT2D eigenvalue weighted by atomic mass is 9.91. The number of piperidine rings is 1. The average Bonchev–Trinajstić information content (AvgIpc) is 2.94. The lowest BCUT2D eigenvalue weighted by Crippen LogP contribution is -2.52. The Morgan fingerprint density at radius 3 is 2.26 bits per heavy atom. The molecular weight excluding hydrogens is 290 g/mol. The minimum absolute atomic E-state index is 0.0932. The number of amides is 1. The van der Waals surface area contributed by atoms with Crippen molar-refractivity contribution in [1.29, 1.82) is 0 Å². The second-order valence-corrected chi connectivity index (χ2v) is 7.32. The van der Waals surface area contributed by atoms with Gasteiger partial charge in [0.05, 0.1) is 12.1 Å². The Labute approximate surface area is 141 Å². The van der Waals surface area contributed by atoms with Crippen molar-refractivity contribution in [3.05, 3.63) is 0 Å². The first-order valence-electron chi connectivity index (χ1n) is 9.87. The van der Waals surface area contributed by atoms with Gasteiger partial charge in [-0.1, -0.05) is 71.1 Å². The minimum atomic E-state index is -0.398. The van der Waals surface area contributed by atoms with Gasteiger partial charge in [-0.05, 0) is 19.3 Å². The fourth-order valence-electron chi connectivity index (χ4n) is 4.01. The van der Waals surface area contributed by atoms with E-state index >= 15 is 0 Å². The maximum atomic E-state index is 11.8. The third-order valence-electron chi connectivity index (χ3n) is 5.47. The van der Waals surface area contributed by atoms with Crippen LogP contribution in [0.25, 0.3) is 0 Å². The number of fused-ring (bicyclic) bond motifs is 1. The van der Waals surface area contributed by atoms with Crippen LogP contribution >= 0.6 is 0 Å². The first-order chi connectivity index (χ1) is 11.2. The highest BCUT2D eigenvalue weighted by Gasteiger charge is 2.44. The molecule has 0 aromatic heterocycles. The van der Waals surface area contributed by atoms with Crippen LogP contribution in [0.2, 0.25) is 0 Å². The molecule has 2 saturated heterocycles. The molecule has 134 valence electrons. The van der Waals surface area contributed by atoms with Crippen molar-refractivity contribution >= 4 is 6.09 Å². The molecule has 0 radical (unpaired) electrons. The highest BCUT2D eigenvalue weighted by molar-refractivity contribution is 5.70. The largest absolute Gasteiger partial charge is 0.447 e. The molecule has 3 atom stereocenters. The van der Waals surface area contributed by atoms with Crippen LogP contribution < -0.4 is 0 Å². The van der Waals surface area contributed by atoms with E-state index in [0.29, 0.717) is 6.61 Å². The molecule has 4 heteroatoms. The highest BCUT2D eigenvalue weighted by atomic mass is 16.6. The molecule has 0 spiro atoms. The molecule has 23 heavy (non-hydrogen) atoms. The third kappa shape index (κ3) is 5.66. The lowest BCUT2D eigenvalue weighted by molar-refractivity contribution is 0.0200. The van der Waals surface area contributed by atoms with E-state index in [1.165, 1.54) is 64.2 Å². The fourth-order valence-corrected chi connectivity index (χ4v) is 4.01. The predicted molar refractivity (Wildman–Crippen MR) is 92.5 cm³/mol. The maximum absolute atomic E-state index is 11.8. The highest BCUT2D eigenvalue weighted by Crippen LogP contribution is 2.31. The van der Waals surface area contributed by atoms with Crippen LogP contribution in [0.5, 0.6) is 0 Å². The molecule has 0 bridgehead atoms. The average molecular weight is 325 g/mol. The van der Waals surface area contributed by atoms with Crippen LogP contribution in [0.15, 0.2) is 0 Å². The van der Waals surface area contributed by atoms with E-state index in [4.69, 9.17) is 4.74 Å². The van der Waals surface area contributed by atoms with E-state index in [1.807, 2.05) is 4.90 Å². The molecule has 4 nitrogen and oxygen atoms in total. The van der Waals surface area contributed by atoms with Crippen LogP contribution in [0.4, 0.5) is 4.79 Å². The van der Waals surface area contributed by atoms with Crippen molar-refractivity contribution in [2.75, 3.05) is 6.61 Å². The summed E-state index contributed by atoms with van der Waals surface area (Å²) in [5.41, 5.74) is 0. The number of rotatable bonds is 11. The van der Waals surface area contributed by atoms with Gasteiger partial charge in [-0.15, -0.1) is 0 Å². The van der Waals surface area contributed by atoms with Crippen LogP contribution in [0, 0.1) is 0 Å². The summed E-state index contributed by atoms with van der Waals surface area (Å²) < 4.78 is 5.13. The smallest absolute Gasteiger partial charge is 0.410 e. The molecule has 1 N–H and O–H groups in total. The van der Waals surface area contributed by atoms with Crippen molar-refractivity contribution < 1.29 is 14.6 Å². The predicted octanol–water partition coefficient (Wildman–Crippen LogP) is 4.64.